The van der Waals surface area contributed by atoms with Crippen molar-refractivity contribution in [3.05, 3.63) is 0 Å². The number of carbonyl (C=O) groups is 1. The van der Waals surface area contributed by atoms with Gasteiger partial charge < -0.3 is 5.73 Å². The Kier molecular flexibility index (Phi) is 2.17. The molecule has 68 valence electrons. The second-order valence-electron chi connectivity index (χ2n) is 4.01. The highest BCUT2D eigenvalue weighted by atomic mass is 32.2. The Balaban J connectivity index is 1.94. The van der Waals surface area contributed by atoms with Crippen LogP contribution >= 0.6 is 11.8 Å². The number of hydrogen-bond donors (Lipinski definition) is 1. The minimum Gasteiger partial charge on any atom is -0.324 e. The van der Waals surface area contributed by atoms with Gasteiger partial charge in [0.25, 0.3) is 0 Å². The number of thioether (sulfide) groups is 1. The van der Waals surface area contributed by atoms with E-state index in [0.29, 0.717) is 24.5 Å². The lowest BCUT2D eigenvalue weighted by Gasteiger charge is -2.44. The first-order chi connectivity index (χ1) is 5.71. The van der Waals surface area contributed by atoms with E-state index in [1.54, 1.807) is 0 Å². The molecule has 0 aromatic heterocycles. The first-order valence-electron chi connectivity index (χ1n) is 4.59. The summed E-state index contributed by atoms with van der Waals surface area (Å²) in [5.41, 5.74) is 6.04. The van der Waals surface area contributed by atoms with Gasteiger partial charge in [0, 0.05) is 18.4 Å². The van der Waals surface area contributed by atoms with Crippen molar-refractivity contribution in [2.75, 3.05) is 11.5 Å². The van der Waals surface area contributed by atoms with E-state index in [2.05, 4.69) is 0 Å². The van der Waals surface area contributed by atoms with Crippen LogP contribution in [0.4, 0.5) is 0 Å². The van der Waals surface area contributed by atoms with Crippen LogP contribution in [0, 0.1) is 5.92 Å². The number of ketones is 1. The van der Waals surface area contributed by atoms with Crippen molar-refractivity contribution < 1.29 is 4.79 Å². The quantitative estimate of drug-likeness (QED) is 0.667. The fraction of sp³-hybridized carbons (Fsp3) is 0.889. The van der Waals surface area contributed by atoms with Gasteiger partial charge in [-0.15, -0.1) is 0 Å². The summed E-state index contributed by atoms with van der Waals surface area (Å²) in [4.78, 5) is 10.9. The van der Waals surface area contributed by atoms with Gasteiger partial charge in [-0.3, -0.25) is 4.79 Å². The van der Waals surface area contributed by atoms with Crippen LogP contribution in [0.3, 0.4) is 0 Å². The van der Waals surface area contributed by atoms with Gasteiger partial charge in [-0.25, -0.2) is 0 Å². The van der Waals surface area contributed by atoms with Gasteiger partial charge in [0.2, 0.25) is 0 Å². The summed E-state index contributed by atoms with van der Waals surface area (Å²) in [6.07, 6.45) is 3.72. The molecule has 0 unspecified atom stereocenters. The Morgan fingerprint density at radius 3 is 2.42 bits per heavy atom. The van der Waals surface area contributed by atoms with Crippen LogP contribution < -0.4 is 5.73 Å². The van der Waals surface area contributed by atoms with Crippen molar-refractivity contribution in [2.24, 2.45) is 11.7 Å². The zero-order valence-electron chi connectivity index (χ0n) is 7.21. The molecule has 1 aliphatic heterocycles. The van der Waals surface area contributed by atoms with E-state index in [1.807, 2.05) is 11.8 Å². The molecule has 0 radical (unpaired) electrons. The van der Waals surface area contributed by atoms with Gasteiger partial charge in [-0.1, -0.05) is 0 Å². The highest BCUT2D eigenvalue weighted by molar-refractivity contribution is 7.99. The lowest BCUT2D eigenvalue weighted by molar-refractivity contribution is -0.130. The molecular weight excluding hydrogens is 170 g/mol. The summed E-state index contributed by atoms with van der Waals surface area (Å²) < 4.78 is 0. The fourth-order valence-corrected chi connectivity index (χ4v) is 3.35. The maximum absolute atomic E-state index is 10.9. The molecular formula is C9H15NOS. The summed E-state index contributed by atoms with van der Waals surface area (Å²) in [5.74, 6) is 3.45. The average molecular weight is 185 g/mol. The monoisotopic (exact) mass is 185 g/mol. The molecule has 0 aromatic carbocycles. The largest absolute Gasteiger partial charge is 0.324 e. The first kappa shape index (κ1) is 8.57. The van der Waals surface area contributed by atoms with Crippen LogP contribution in [-0.4, -0.2) is 22.8 Å². The molecule has 2 aliphatic rings. The van der Waals surface area contributed by atoms with Crippen LogP contribution in [0.25, 0.3) is 0 Å². The van der Waals surface area contributed by atoms with Crippen molar-refractivity contribution in [1.29, 1.82) is 0 Å². The first-order valence-corrected chi connectivity index (χ1v) is 5.74. The van der Waals surface area contributed by atoms with Crippen LogP contribution in [0.2, 0.25) is 0 Å². The van der Waals surface area contributed by atoms with Gasteiger partial charge in [0.15, 0.2) is 0 Å². The van der Waals surface area contributed by atoms with E-state index in [0.717, 1.165) is 0 Å². The molecule has 1 heterocycles. The lowest BCUT2D eigenvalue weighted by Crippen LogP contribution is -2.58. The SMILES string of the molecule is NC1(C2CCSCC2)CC(=O)C1. The van der Waals surface area contributed by atoms with Gasteiger partial charge in [0.1, 0.15) is 5.78 Å². The molecule has 1 aliphatic carbocycles. The van der Waals surface area contributed by atoms with E-state index < -0.39 is 0 Å². The molecule has 2 fully saturated rings. The van der Waals surface area contributed by atoms with Crippen molar-refractivity contribution in [1.82, 2.24) is 0 Å². The summed E-state index contributed by atoms with van der Waals surface area (Å²) >= 11 is 2.01. The Morgan fingerprint density at radius 2 is 1.92 bits per heavy atom. The third-order valence-electron chi connectivity index (χ3n) is 3.09. The Bertz CT molecular complexity index is 191. The van der Waals surface area contributed by atoms with E-state index >= 15 is 0 Å². The third-order valence-corrected chi connectivity index (χ3v) is 4.14. The normalized spacial score (nSPS) is 29.9. The summed E-state index contributed by atoms with van der Waals surface area (Å²) in [7, 11) is 0. The Hall–Kier alpha value is -0.0200. The molecule has 0 amide bonds. The van der Waals surface area contributed by atoms with Crippen LogP contribution in [0.1, 0.15) is 25.7 Å². The summed E-state index contributed by atoms with van der Waals surface area (Å²) in [6.45, 7) is 0. The predicted octanol–water partition coefficient (Wildman–Crippen LogP) is 1.19. The van der Waals surface area contributed by atoms with E-state index in [1.165, 1.54) is 24.3 Å². The number of Topliss-reactive ketones (excluding diaryl/α,β-unsaturated/α-hetero) is 1. The lowest BCUT2D eigenvalue weighted by atomic mass is 9.66. The van der Waals surface area contributed by atoms with Gasteiger partial charge in [-0.2, -0.15) is 11.8 Å². The molecule has 0 aromatic rings. The molecule has 1 saturated carbocycles. The molecule has 2 N–H and O–H groups in total. The molecule has 1 saturated heterocycles. The topological polar surface area (TPSA) is 43.1 Å². The van der Waals surface area contributed by atoms with Crippen LogP contribution in [0.15, 0.2) is 0 Å². The molecule has 0 atom stereocenters. The predicted molar refractivity (Wildman–Crippen MR) is 51.2 cm³/mol. The smallest absolute Gasteiger partial charge is 0.136 e. The molecule has 0 bridgehead atoms. The number of nitrogens with two attached hydrogens (primary N) is 1. The van der Waals surface area contributed by atoms with Gasteiger partial charge >= 0.3 is 0 Å². The van der Waals surface area contributed by atoms with Gasteiger partial charge in [0.05, 0.1) is 0 Å². The average Bonchev–Trinajstić information content (AvgIpc) is 2.04. The maximum Gasteiger partial charge on any atom is 0.136 e. The van der Waals surface area contributed by atoms with E-state index in [9.17, 15) is 4.79 Å². The zero-order chi connectivity index (χ0) is 8.60. The van der Waals surface area contributed by atoms with Crippen molar-refractivity contribution in [3.8, 4) is 0 Å². The standard InChI is InChI=1S/C9H15NOS/c10-9(5-8(11)6-9)7-1-3-12-4-2-7/h7H,1-6,10H2. The second kappa shape index (κ2) is 3.04. The number of hydrogen-bond acceptors (Lipinski definition) is 3. The third kappa shape index (κ3) is 1.40. The van der Waals surface area contributed by atoms with Crippen molar-refractivity contribution >= 4 is 17.5 Å². The Labute approximate surface area is 77.3 Å². The molecule has 0 spiro atoms. The molecule has 3 heteroatoms. The van der Waals surface area contributed by atoms with E-state index in [4.69, 9.17) is 5.73 Å². The fourth-order valence-electron chi connectivity index (χ4n) is 2.24. The highest BCUT2D eigenvalue weighted by Crippen LogP contribution is 2.40. The van der Waals surface area contributed by atoms with Crippen molar-refractivity contribution in [2.45, 2.75) is 31.2 Å². The summed E-state index contributed by atoms with van der Waals surface area (Å²) in [5, 5.41) is 0. The molecule has 2 rings (SSSR count). The highest BCUT2D eigenvalue weighted by Gasteiger charge is 2.45. The molecule has 12 heavy (non-hydrogen) atoms. The Morgan fingerprint density at radius 1 is 1.33 bits per heavy atom. The van der Waals surface area contributed by atoms with E-state index in [-0.39, 0.29) is 5.54 Å². The zero-order valence-corrected chi connectivity index (χ0v) is 8.03. The minimum atomic E-state index is -0.0991. The summed E-state index contributed by atoms with van der Waals surface area (Å²) in [6, 6.07) is 0. The van der Waals surface area contributed by atoms with Crippen molar-refractivity contribution in [3.63, 3.8) is 0 Å². The van der Waals surface area contributed by atoms with Crippen LogP contribution in [0.5, 0.6) is 0 Å². The van der Waals surface area contributed by atoms with Gasteiger partial charge in [-0.05, 0) is 30.3 Å². The minimum absolute atomic E-state index is 0.0991. The maximum atomic E-state index is 10.9. The number of carbonyl (C=O) groups excluding carboxylic acids is 1. The molecule has 2 nitrogen and oxygen atoms in total. The second-order valence-corrected chi connectivity index (χ2v) is 5.24. The van der Waals surface area contributed by atoms with Crippen LogP contribution in [-0.2, 0) is 4.79 Å². The number of rotatable bonds is 1.